The molecule has 2 aromatic carbocycles. The van der Waals surface area contributed by atoms with Crippen LogP contribution in [0, 0.1) is 21.7 Å². The van der Waals surface area contributed by atoms with Crippen LogP contribution in [0.1, 0.15) is 24.2 Å². The van der Waals surface area contributed by atoms with Crippen LogP contribution in [0.15, 0.2) is 41.3 Å². The molecule has 11 heteroatoms. The van der Waals surface area contributed by atoms with Crippen molar-refractivity contribution in [3.8, 4) is 0 Å². The maximum atomic E-state index is 14.1. The quantitative estimate of drug-likeness (QED) is 0.578. The molecule has 0 aliphatic rings. The minimum atomic E-state index is -3.99. The number of nitrogens with one attached hydrogen (secondary N) is 1. The van der Waals surface area contributed by atoms with Crippen LogP contribution >= 0.6 is 0 Å². The fraction of sp³-hybridized carbons (Fsp3) is 0.235. The van der Waals surface area contributed by atoms with Crippen molar-refractivity contribution in [1.29, 1.82) is 0 Å². The van der Waals surface area contributed by atoms with Crippen LogP contribution < -0.4 is 5.32 Å². The van der Waals surface area contributed by atoms with E-state index in [9.17, 15) is 32.1 Å². The lowest BCUT2D eigenvalue weighted by Gasteiger charge is -2.21. The van der Waals surface area contributed by atoms with Crippen molar-refractivity contribution in [2.45, 2.75) is 24.8 Å². The van der Waals surface area contributed by atoms with E-state index >= 15 is 0 Å². The van der Waals surface area contributed by atoms with Gasteiger partial charge in [0.15, 0.2) is 0 Å². The van der Waals surface area contributed by atoms with Crippen LogP contribution in [0.3, 0.4) is 0 Å². The predicted octanol–water partition coefficient (Wildman–Crippen LogP) is 3.15. The largest absolute Gasteiger partial charge is 0.319 e. The number of carbonyl (C=O) groups is 1. The number of anilines is 1. The Kier molecular flexibility index (Phi) is 6.10. The molecular formula is C17H17F2N3O5S. The Morgan fingerprint density at radius 3 is 2.32 bits per heavy atom. The zero-order chi connectivity index (χ0) is 21.2. The summed E-state index contributed by atoms with van der Waals surface area (Å²) in [5.41, 5.74) is -1.66. The minimum absolute atomic E-state index is 0.324. The molecule has 0 saturated carbocycles. The normalized spacial score (nSPS) is 11.7. The molecule has 8 nitrogen and oxygen atoms in total. The van der Waals surface area contributed by atoms with Gasteiger partial charge in [-0.3, -0.25) is 14.9 Å². The van der Waals surface area contributed by atoms with E-state index in [1.165, 1.54) is 7.05 Å². The Labute approximate surface area is 160 Å². The number of nitro groups is 1. The van der Waals surface area contributed by atoms with Gasteiger partial charge in [0.05, 0.1) is 21.1 Å². The number of non-ortho nitro benzene ring substituents is 1. The topological polar surface area (TPSA) is 110 Å². The van der Waals surface area contributed by atoms with Crippen molar-refractivity contribution < 1.29 is 26.9 Å². The Hall–Kier alpha value is -2.92. The molecule has 0 bridgehead atoms. The van der Waals surface area contributed by atoms with Crippen LogP contribution in [0.4, 0.5) is 20.2 Å². The molecule has 0 aliphatic heterocycles. The van der Waals surface area contributed by atoms with Gasteiger partial charge in [-0.05, 0) is 38.1 Å². The van der Waals surface area contributed by atoms with Gasteiger partial charge in [0.25, 0.3) is 11.6 Å². The zero-order valence-electron chi connectivity index (χ0n) is 15.1. The highest BCUT2D eigenvalue weighted by Gasteiger charge is 2.26. The lowest BCUT2D eigenvalue weighted by molar-refractivity contribution is -0.384. The molecule has 150 valence electrons. The maximum absolute atomic E-state index is 14.1. The third kappa shape index (κ3) is 4.31. The fourth-order valence-corrected chi connectivity index (χ4v) is 3.59. The first-order valence-electron chi connectivity index (χ1n) is 7.98. The summed E-state index contributed by atoms with van der Waals surface area (Å²) >= 11 is 0. The van der Waals surface area contributed by atoms with Crippen molar-refractivity contribution in [2.24, 2.45) is 0 Å². The Morgan fingerprint density at radius 2 is 1.75 bits per heavy atom. The SMILES string of the molecule is CC(C)N(C)S(=O)(=O)c1ccc(F)c(C(=O)Nc2cc([N+](=O)[O-])ccc2F)c1. The number of halogens is 2. The molecule has 0 aliphatic carbocycles. The zero-order valence-corrected chi connectivity index (χ0v) is 16.0. The summed E-state index contributed by atoms with van der Waals surface area (Å²) in [7, 11) is -2.65. The van der Waals surface area contributed by atoms with E-state index in [2.05, 4.69) is 0 Å². The molecule has 0 unspecified atom stereocenters. The van der Waals surface area contributed by atoms with Crippen LogP contribution in [0.5, 0.6) is 0 Å². The van der Waals surface area contributed by atoms with Crippen LogP contribution in [0.25, 0.3) is 0 Å². The van der Waals surface area contributed by atoms with E-state index in [1.54, 1.807) is 13.8 Å². The summed E-state index contributed by atoms with van der Waals surface area (Å²) in [6, 6.07) is 4.72. The molecule has 1 amide bonds. The molecule has 0 fully saturated rings. The van der Waals surface area contributed by atoms with Crippen molar-refractivity contribution >= 4 is 27.3 Å². The molecule has 0 aromatic heterocycles. The second kappa shape index (κ2) is 7.98. The average Bonchev–Trinajstić information content (AvgIpc) is 2.62. The molecule has 0 spiro atoms. The third-order valence-corrected chi connectivity index (χ3v) is 6.03. The summed E-state index contributed by atoms with van der Waals surface area (Å²) in [5.74, 6) is -3.15. The Balaban J connectivity index is 2.42. The molecule has 0 radical (unpaired) electrons. The lowest BCUT2D eigenvalue weighted by atomic mass is 10.2. The molecule has 0 heterocycles. The molecule has 1 N–H and O–H groups in total. The second-order valence-corrected chi connectivity index (χ2v) is 8.13. The number of nitro benzene ring substituents is 1. The van der Waals surface area contributed by atoms with E-state index in [-0.39, 0.29) is 10.9 Å². The van der Waals surface area contributed by atoms with Crippen molar-refractivity contribution in [3.63, 3.8) is 0 Å². The first-order valence-corrected chi connectivity index (χ1v) is 9.42. The average molecular weight is 413 g/mol. The van der Waals surface area contributed by atoms with Gasteiger partial charge in [0, 0.05) is 25.2 Å². The molecular weight excluding hydrogens is 396 g/mol. The monoisotopic (exact) mass is 413 g/mol. The Bertz CT molecular complexity index is 1040. The van der Waals surface area contributed by atoms with E-state index < -0.39 is 49.4 Å². The van der Waals surface area contributed by atoms with Crippen LogP contribution in [-0.2, 0) is 10.0 Å². The first kappa shape index (κ1) is 21.4. The van der Waals surface area contributed by atoms with Gasteiger partial charge < -0.3 is 5.32 Å². The highest BCUT2D eigenvalue weighted by atomic mass is 32.2. The number of hydrogen-bond donors (Lipinski definition) is 1. The number of sulfonamides is 1. The van der Waals surface area contributed by atoms with Gasteiger partial charge in [-0.15, -0.1) is 0 Å². The van der Waals surface area contributed by atoms with E-state index in [1.807, 2.05) is 5.32 Å². The van der Waals surface area contributed by atoms with Crippen molar-refractivity contribution in [1.82, 2.24) is 4.31 Å². The van der Waals surface area contributed by atoms with E-state index in [4.69, 9.17) is 0 Å². The summed E-state index contributed by atoms with van der Waals surface area (Å²) in [5, 5.41) is 12.8. The molecule has 2 aromatic rings. The summed E-state index contributed by atoms with van der Waals surface area (Å²) in [4.78, 5) is 22.0. The molecule has 0 saturated heterocycles. The number of rotatable bonds is 6. The maximum Gasteiger partial charge on any atom is 0.271 e. The molecule has 28 heavy (non-hydrogen) atoms. The number of nitrogens with zero attached hydrogens (tertiary/aromatic N) is 2. The van der Waals surface area contributed by atoms with Gasteiger partial charge in [0.1, 0.15) is 11.6 Å². The van der Waals surface area contributed by atoms with Gasteiger partial charge >= 0.3 is 0 Å². The fourth-order valence-electron chi connectivity index (χ4n) is 2.19. The lowest BCUT2D eigenvalue weighted by Crippen LogP contribution is -2.33. The van der Waals surface area contributed by atoms with E-state index in [0.717, 1.165) is 40.7 Å². The van der Waals surface area contributed by atoms with Gasteiger partial charge in [-0.2, -0.15) is 4.31 Å². The number of amides is 1. The smallest absolute Gasteiger partial charge is 0.271 e. The van der Waals surface area contributed by atoms with Gasteiger partial charge in [-0.1, -0.05) is 0 Å². The summed E-state index contributed by atoms with van der Waals surface area (Å²) in [6.07, 6.45) is 0. The molecule has 2 rings (SSSR count). The Morgan fingerprint density at radius 1 is 1.14 bits per heavy atom. The van der Waals surface area contributed by atoms with E-state index in [0.29, 0.717) is 0 Å². The standard InChI is InChI=1S/C17H17F2N3O5S/c1-10(2)21(3)28(26,27)12-5-7-14(18)13(9-12)17(23)20-16-8-11(22(24)25)4-6-15(16)19/h4-10H,1-3H3,(H,20,23). The molecule has 0 atom stereocenters. The highest BCUT2D eigenvalue weighted by molar-refractivity contribution is 7.89. The van der Waals surface area contributed by atoms with Crippen molar-refractivity contribution in [3.05, 3.63) is 63.7 Å². The number of carbonyl (C=O) groups excluding carboxylic acids is 1. The highest BCUT2D eigenvalue weighted by Crippen LogP contribution is 2.24. The summed E-state index contributed by atoms with van der Waals surface area (Å²) < 4.78 is 54.0. The first-order chi connectivity index (χ1) is 12.9. The van der Waals surface area contributed by atoms with Crippen LogP contribution in [0.2, 0.25) is 0 Å². The van der Waals surface area contributed by atoms with Gasteiger partial charge in [0.2, 0.25) is 10.0 Å². The predicted molar refractivity (Wildman–Crippen MR) is 97.5 cm³/mol. The third-order valence-electron chi connectivity index (χ3n) is 4.00. The summed E-state index contributed by atoms with van der Waals surface area (Å²) in [6.45, 7) is 3.28. The minimum Gasteiger partial charge on any atom is -0.319 e. The van der Waals surface area contributed by atoms with Gasteiger partial charge in [-0.25, -0.2) is 17.2 Å². The second-order valence-electron chi connectivity index (χ2n) is 6.13. The van der Waals surface area contributed by atoms with Crippen molar-refractivity contribution in [2.75, 3.05) is 12.4 Å². The number of benzene rings is 2. The van der Waals surface area contributed by atoms with Crippen LogP contribution in [-0.4, -0.2) is 36.6 Å². The number of hydrogen-bond acceptors (Lipinski definition) is 5.